The van der Waals surface area contributed by atoms with Crippen molar-refractivity contribution in [1.29, 1.82) is 0 Å². The van der Waals surface area contributed by atoms with Crippen LogP contribution in [0.15, 0.2) is 30.3 Å². The van der Waals surface area contributed by atoms with Gasteiger partial charge in [0, 0.05) is 5.92 Å². The molecule has 1 aromatic carbocycles. The summed E-state index contributed by atoms with van der Waals surface area (Å²) in [5.74, 6) is 0.670. The standard InChI is InChI=1S/C16H20/c1-16(11-5-2-6-12-16)15-10-9-13-7-3-4-8-14(13)15/h3-4,7-10,15H,2,5-6,11-12H2,1H3. The maximum absolute atomic E-state index is 2.49. The van der Waals surface area contributed by atoms with Crippen molar-refractivity contribution in [2.45, 2.75) is 44.9 Å². The zero-order valence-corrected chi connectivity index (χ0v) is 10.1. The first-order chi connectivity index (χ1) is 7.80. The van der Waals surface area contributed by atoms with Crippen molar-refractivity contribution in [3.63, 3.8) is 0 Å². The van der Waals surface area contributed by atoms with Crippen molar-refractivity contribution in [2.75, 3.05) is 0 Å². The van der Waals surface area contributed by atoms with Crippen molar-refractivity contribution in [2.24, 2.45) is 5.41 Å². The van der Waals surface area contributed by atoms with Crippen LogP contribution in [0.4, 0.5) is 0 Å². The maximum Gasteiger partial charge on any atom is 0.00810 e. The van der Waals surface area contributed by atoms with Crippen molar-refractivity contribution < 1.29 is 0 Å². The monoisotopic (exact) mass is 212 g/mol. The second-order valence-corrected chi connectivity index (χ2v) is 5.68. The van der Waals surface area contributed by atoms with E-state index in [1.165, 1.54) is 37.7 Å². The van der Waals surface area contributed by atoms with Crippen LogP contribution in [0.5, 0.6) is 0 Å². The lowest BCUT2D eigenvalue weighted by Crippen LogP contribution is -2.26. The first-order valence-electron chi connectivity index (χ1n) is 6.57. The van der Waals surface area contributed by atoms with E-state index in [4.69, 9.17) is 0 Å². The van der Waals surface area contributed by atoms with Crippen LogP contribution in [-0.4, -0.2) is 0 Å². The number of benzene rings is 1. The average Bonchev–Trinajstić information content (AvgIpc) is 2.74. The second kappa shape index (κ2) is 3.76. The van der Waals surface area contributed by atoms with Gasteiger partial charge >= 0.3 is 0 Å². The van der Waals surface area contributed by atoms with Crippen LogP contribution in [-0.2, 0) is 0 Å². The van der Waals surface area contributed by atoms with Crippen LogP contribution >= 0.6 is 0 Å². The van der Waals surface area contributed by atoms with Gasteiger partial charge in [-0.05, 0) is 29.4 Å². The third-order valence-corrected chi connectivity index (χ3v) is 4.55. The predicted octanol–water partition coefficient (Wildman–Crippen LogP) is 4.77. The molecule has 0 nitrogen and oxygen atoms in total. The molecule has 0 spiro atoms. The fourth-order valence-corrected chi connectivity index (χ4v) is 3.53. The van der Waals surface area contributed by atoms with E-state index in [1.807, 2.05) is 0 Å². The molecule has 1 aromatic rings. The summed E-state index contributed by atoms with van der Waals surface area (Å²) in [5.41, 5.74) is 3.52. The second-order valence-electron chi connectivity index (χ2n) is 5.68. The molecule has 1 saturated carbocycles. The van der Waals surface area contributed by atoms with Crippen LogP contribution in [0.3, 0.4) is 0 Å². The molecule has 3 rings (SSSR count). The van der Waals surface area contributed by atoms with Gasteiger partial charge in [-0.3, -0.25) is 0 Å². The fraction of sp³-hybridized carbons (Fsp3) is 0.500. The summed E-state index contributed by atoms with van der Waals surface area (Å²) in [6.45, 7) is 2.49. The summed E-state index contributed by atoms with van der Waals surface area (Å²) >= 11 is 0. The molecule has 0 radical (unpaired) electrons. The van der Waals surface area contributed by atoms with E-state index in [2.05, 4.69) is 43.3 Å². The van der Waals surface area contributed by atoms with E-state index in [1.54, 1.807) is 5.56 Å². The molecule has 0 heteroatoms. The van der Waals surface area contributed by atoms with Gasteiger partial charge in [0.2, 0.25) is 0 Å². The minimum absolute atomic E-state index is 0.515. The van der Waals surface area contributed by atoms with Crippen molar-refractivity contribution in [1.82, 2.24) is 0 Å². The lowest BCUT2D eigenvalue weighted by atomic mass is 9.66. The molecule has 1 atom stereocenters. The van der Waals surface area contributed by atoms with Gasteiger partial charge in [0.1, 0.15) is 0 Å². The highest BCUT2D eigenvalue weighted by Gasteiger charge is 2.37. The Balaban J connectivity index is 1.95. The fourth-order valence-electron chi connectivity index (χ4n) is 3.53. The lowest BCUT2D eigenvalue weighted by molar-refractivity contribution is 0.192. The van der Waals surface area contributed by atoms with E-state index < -0.39 is 0 Å². The molecule has 2 aliphatic rings. The molecule has 84 valence electrons. The molecule has 1 unspecified atom stereocenters. The first kappa shape index (κ1) is 10.1. The molecule has 0 saturated heterocycles. The number of fused-ring (bicyclic) bond motifs is 1. The van der Waals surface area contributed by atoms with Gasteiger partial charge in [-0.15, -0.1) is 0 Å². The third-order valence-electron chi connectivity index (χ3n) is 4.55. The highest BCUT2D eigenvalue weighted by molar-refractivity contribution is 5.62. The number of rotatable bonds is 1. The Bertz CT molecular complexity index is 408. The van der Waals surface area contributed by atoms with Gasteiger partial charge in [-0.1, -0.05) is 62.6 Å². The Morgan fingerprint density at radius 3 is 2.62 bits per heavy atom. The molecule has 1 fully saturated rings. The molecule has 2 aliphatic carbocycles. The van der Waals surface area contributed by atoms with Crippen LogP contribution in [0.1, 0.15) is 56.1 Å². The zero-order valence-electron chi connectivity index (χ0n) is 10.1. The van der Waals surface area contributed by atoms with Gasteiger partial charge in [0.15, 0.2) is 0 Å². The Hall–Kier alpha value is -1.04. The molecule has 0 N–H and O–H groups in total. The number of allylic oxidation sites excluding steroid dienone is 1. The molecular weight excluding hydrogens is 192 g/mol. The molecule has 0 heterocycles. The van der Waals surface area contributed by atoms with Gasteiger partial charge < -0.3 is 0 Å². The van der Waals surface area contributed by atoms with Crippen molar-refractivity contribution >= 4 is 6.08 Å². The smallest absolute Gasteiger partial charge is 0.00810 e. The van der Waals surface area contributed by atoms with Gasteiger partial charge in [0.05, 0.1) is 0 Å². The largest absolute Gasteiger partial charge is 0.0758 e. The minimum atomic E-state index is 0.515. The van der Waals surface area contributed by atoms with Crippen LogP contribution in [0.2, 0.25) is 0 Å². The molecule has 0 bridgehead atoms. The summed E-state index contributed by atoms with van der Waals surface area (Å²) < 4.78 is 0. The molecule has 0 aliphatic heterocycles. The SMILES string of the molecule is CC1(C2C=Cc3ccccc32)CCCCC1. The molecular formula is C16H20. The third kappa shape index (κ3) is 1.52. The van der Waals surface area contributed by atoms with E-state index >= 15 is 0 Å². The van der Waals surface area contributed by atoms with Crippen molar-refractivity contribution in [3.8, 4) is 0 Å². The van der Waals surface area contributed by atoms with E-state index in [9.17, 15) is 0 Å². The van der Waals surface area contributed by atoms with E-state index in [0.717, 1.165) is 0 Å². The van der Waals surface area contributed by atoms with Crippen LogP contribution < -0.4 is 0 Å². The summed E-state index contributed by atoms with van der Waals surface area (Å²) in [5, 5.41) is 0. The number of hydrogen-bond acceptors (Lipinski definition) is 0. The Labute approximate surface area is 98.4 Å². The van der Waals surface area contributed by atoms with Gasteiger partial charge in [-0.2, -0.15) is 0 Å². The molecule has 0 aromatic heterocycles. The summed E-state index contributed by atoms with van der Waals surface area (Å²) in [6, 6.07) is 8.90. The topological polar surface area (TPSA) is 0 Å². The first-order valence-corrected chi connectivity index (χ1v) is 6.57. The summed E-state index contributed by atoms with van der Waals surface area (Å²) in [4.78, 5) is 0. The van der Waals surface area contributed by atoms with Crippen LogP contribution in [0.25, 0.3) is 6.08 Å². The number of hydrogen-bond donors (Lipinski definition) is 0. The summed E-state index contributed by atoms with van der Waals surface area (Å²) in [6.07, 6.45) is 11.8. The predicted molar refractivity (Wildman–Crippen MR) is 69.4 cm³/mol. The van der Waals surface area contributed by atoms with Crippen LogP contribution in [0, 0.1) is 5.41 Å². The Morgan fingerprint density at radius 2 is 1.81 bits per heavy atom. The average molecular weight is 212 g/mol. The minimum Gasteiger partial charge on any atom is -0.0758 e. The highest BCUT2D eigenvalue weighted by Crippen LogP contribution is 2.50. The molecule has 16 heavy (non-hydrogen) atoms. The quantitative estimate of drug-likeness (QED) is 0.629. The van der Waals surface area contributed by atoms with Gasteiger partial charge in [-0.25, -0.2) is 0 Å². The Morgan fingerprint density at radius 1 is 1.06 bits per heavy atom. The van der Waals surface area contributed by atoms with E-state index in [0.29, 0.717) is 11.3 Å². The Kier molecular flexibility index (Phi) is 2.38. The molecule has 0 amide bonds. The lowest BCUT2D eigenvalue weighted by Gasteiger charge is -2.39. The van der Waals surface area contributed by atoms with Crippen molar-refractivity contribution in [3.05, 3.63) is 41.5 Å². The summed E-state index contributed by atoms with van der Waals surface area (Å²) in [7, 11) is 0. The van der Waals surface area contributed by atoms with Gasteiger partial charge in [0.25, 0.3) is 0 Å². The van der Waals surface area contributed by atoms with E-state index in [-0.39, 0.29) is 0 Å². The zero-order chi connectivity index (χ0) is 11.0. The maximum atomic E-state index is 2.49. The highest BCUT2D eigenvalue weighted by atomic mass is 14.4. The normalized spacial score (nSPS) is 26.7.